The van der Waals surface area contributed by atoms with Crippen LogP contribution in [0.4, 0.5) is 4.39 Å². The van der Waals surface area contributed by atoms with Gasteiger partial charge in [-0.05, 0) is 97.7 Å². The van der Waals surface area contributed by atoms with E-state index in [1.165, 1.54) is 19.1 Å². The summed E-state index contributed by atoms with van der Waals surface area (Å²) in [6, 6.07) is 13.2. The van der Waals surface area contributed by atoms with Crippen molar-refractivity contribution in [1.82, 2.24) is 5.32 Å². The number of benzene rings is 2. The summed E-state index contributed by atoms with van der Waals surface area (Å²) < 4.78 is 13.1. The molecule has 1 aliphatic rings. The summed E-state index contributed by atoms with van der Waals surface area (Å²) in [6.45, 7) is 16.7. The van der Waals surface area contributed by atoms with Crippen molar-refractivity contribution in [3.63, 3.8) is 0 Å². The molecule has 0 saturated heterocycles. The summed E-state index contributed by atoms with van der Waals surface area (Å²) in [7, 11) is 0. The Balaban J connectivity index is 0.000000304. The van der Waals surface area contributed by atoms with Gasteiger partial charge in [-0.1, -0.05) is 53.7 Å². The number of carboxylic acid groups (broad SMARTS) is 1. The van der Waals surface area contributed by atoms with Gasteiger partial charge in [0.05, 0.1) is 12.1 Å². The molecular formula is C35H49FN2O5. The lowest BCUT2D eigenvalue weighted by atomic mass is 9.68. The van der Waals surface area contributed by atoms with Gasteiger partial charge in [0.15, 0.2) is 11.9 Å². The molecule has 1 fully saturated rings. The second-order valence-corrected chi connectivity index (χ2v) is 13.4. The van der Waals surface area contributed by atoms with Crippen LogP contribution in [0, 0.1) is 23.1 Å². The number of hydrogen-bond donors (Lipinski definition) is 3. The molecule has 3 rings (SSSR count). The van der Waals surface area contributed by atoms with E-state index < -0.39 is 18.0 Å². The highest BCUT2D eigenvalue weighted by atomic mass is 19.1. The number of aliphatic hydroxyl groups excluding tert-OH is 1. The summed E-state index contributed by atoms with van der Waals surface area (Å²) in [6.07, 6.45) is 2.68. The molecule has 0 heterocycles. The Morgan fingerprint density at radius 2 is 1.49 bits per heavy atom. The van der Waals surface area contributed by atoms with Gasteiger partial charge in [-0.2, -0.15) is 0 Å². The third-order valence-corrected chi connectivity index (χ3v) is 8.56. The van der Waals surface area contributed by atoms with Crippen molar-refractivity contribution in [2.75, 3.05) is 6.54 Å². The van der Waals surface area contributed by atoms with E-state index in [0.29, 0.717) is 40.0 Å². The number of aliphatic hydroxyl groups is 1. The summed E-state index contributed by atoms with van der Waals surface area (Å²) in [4.78, 5) is 39.1. The van der Waals surface area contributed by atoms with E-state index in [4.69, 9.17) is 15.2 Å². The molecule has 3 N–H and O–H groups in total. The van der Waals surface area contributed by atoms with Crippen LogP contribution in [0.1, 0.15) is 108 Å². The number of nitrogens with one attached hydrogen (secondary N) is 1. The zero-order valence-electron chi connectivity index (χ0n) is 26.9. The molecule has 1 amide bonds. The van der Waals surface area contributed by atoms with Gasteiger partial charge in [-0.3, -0.25) is 14.6 Å². The SMILES string of the molecule is CC(=O)C(=NC1(C)CCC(C(C)(C)C)CC1)c1ccc(F)cc1.CC(C)[C@H](C)c1ccc(C(=O)NCC(O)C(=O)O)cc1. The van der Waals surface area contributed by atoms with E-state index in [0.717, 1.165) is 31.2 Å². The van der Waals surface area contributed by atoms with Gasteiger partial charge in [0, 0.05) is 18.1 Å². The minimum Gasteiger partial charge on any atom is -0.479 e. The highest BCUT2D eigenvalue weighted by Gasteiger charge is 2.36. The number of ketones is 1. The van der Waals surface area contributed by atoms with Gasteiger partial charge in [0.1, 0.15) is 11.5 Å². The average molecular weight is 597 g/mol. The van der Waals surface area contributed by atoms with E-state index >= 15 is 0 Å². The van der Waals surface area contributed by atoms with Crippen LogP contribution in [-0.4, -0.2) is 51.8 Å². The Labute approximate surface area is 256 Å². The van der Waals surface area contributed by atoms with Gasteiger partial charge in [-0.15, -0.1) is 0 Å². The van der Waals surface area contributed by atoms with Crippen LogP contribution in [-0.2, 0) is 9.59 Å². The third kappa shape index (κ3) is 11.0. The number of amides is 1. The number of nitrogens with zero attached hydrogens (tertiary/aromatic N) is 1. The number of aliphatic imine (C=N–C) groups is 1. The van der Waals surface area contributed by atoms with E-state index in [2.05, 4.69) is 53.8 Å². The molecule has 0 spiro atoms. The summed E-state index contributed by atoms with van der Waals surface area (Å²) in [5.74, 6) is -0.483. The standard InChI is InChI=1S/C20H28FNO.C15H21NO4/c1-14(23)18(15-6-8-17(21)9-7-15)22-20(5)12-10-16(11-13-20)19(2,3)4;1-9(2)10(3)11-4-6-12(7-5-11)14(18)16-8-13(17)15(19)20/h6-9,16H,10-13H2,1-5H3;4-7,9-10,13,17H,8H2,1-3H3,(H,16,18)(H,19,20)/t;10-,13?/m.0/s1. The first-order valence-electron chi connectivity index (χ1n) is 15.1. The second kappa shape index (κ2) is 15.4. The van der Waals surface area contributed by atoms with Crippen molar-refractivity contribution < 1.29 is 29.0 Å². The number of halogens is 1. The van der Waals surface area contributed by atoms with Gasteiger partial charge in [-0.25, -0.2) is 9.18 Å². The van der Waals surface area contributed by atoms with Crippen molar-refractivity contribution in [1.29, 1.82) is 0 Å². The molecular weight excluding hydrogens is 547 g/mol. The van der Waals surface area contributed by atoms with Gasteiger partial charge in [0.2, 0.25) is 0 Å². The maximum atomic E-state index is 13.1. The maximum Gasteiger partial charge on any atom is 0.334 e. The lowest BCUT2D eigenvalue weighted by Crippen LogP contribution is -2.36. The number of carbonyl (C=O) groups excluding carboxylic acids is 2. The van der Waals surface area contributed by atoms with Crippen LogP contribution < -0.4 is 5.32 Å². The minimum absolute atomic E-state index is 0.0595. The monoisotopic (exact) mass is 596 g/mol. The Bertz CT molecular complexity index is 1250. The van der Waals surface area contributed by atoms with Gasteiger partial charge < -0.3 is 15.5 Å². The number of aliphatic carboxylic acids is 1. The highest BCUT2D eigenvalue weighted by Crippen LogP contribution is 2.43. The predicted octanol–water partition coefficient (Wildman–Crippen LogP) is 6.82. The topological polar surface area (TPSA) is 116 Å². The fourth-order valence-corrected chi connectivity index (χ4v) is 5.14. The first-order chi connectivity index (χ1) is 19.9. The number of Topliss-reactive ketones (excluding diaryl/α,β-unsaturated/α-hetero) is 1. The molecule has 0 radical (unpaired) electrons. The molecule has 43 heavy (non-hydrogen) atoms. The molecule has 0 aromatic heterocycles. The zero-order valence-corrected chi connectivity index (χ0v) is 26.9. The Morgan fingerprint density at radius 1 is 0.977 bits per heavy atom. The first kappa shape index (κ1) is 35.8. The number of carboxylic acids is 1. The minimum atomic E-state index is -1.58. The van der Waals surface area contributed by atoms with Crippen molar-refractivity contribution in [3.05, 3.63) is 71.0 Å². The summed E-state index contributed by atoms with van der Waals surface area (Å²) in [5.41, 5.74) is 2.91. The van der Waals surface area contributed by atoms with Gasteiger partial charge in [0.25, 0.3) is 5.91 Å². The molecule has 2 aromatic rings. The largest absolute Gasteiger partial charge is 0.479 e. The molecule has 1 unspecified atom stereocenters. The smallest absolute Gasteiger partial charge is 0.334 e. The van der Waals surface area contributed by atoms with E-state index in [1.807, 2.05) is 12.1 Å². The van der Waals surface area contributed by atoms with Crippen molar-refractivity contribution in [2.24, 2.45) is 22.2 Å². The normalized spacial score (nSPS) is 20.4. The molecule has 1 aliphatic carbocycles. The van der Waals surface area contributed by atoms with Crippen LogP contribution >= 0.6 is 0 Å². The molecule has 7 nitrogen and oxygen atoms in total. The van der Waals surface area contributed by atoms with Crippen LogP contribution in [0.15, 0.2) is 53.5 Å². The summed E-state index contributed by atoms with van der Waals surface area (Å²) in [5, 5.41) is 20.0. The van der Waals surface area contributed by atoms with Crippen LogP contribution in [0.5, 0.6) is 0 Å². The summed E-state index contributed by atoms with van der Waals surface area (Å²) >= 11 is 0. The number of hydrogen-bond acceptors (Lipinski definition) is 5. The quantitative estimate of drug-likeness (QED) is 0.275. The highest BCUT2D eigenvalue weighted by molar-refractivity contribution is 6.45. The molecule has 2 atom stereocenters. The fourth-order valence-electron chi connectivity index (χ4n) is 5.14. The van der Waals surface area contributed by atoms with E-state index in [1.54, 1.807) is 24.3 Å². The Kier molecular flexibility index (Phi) is 12.8. The molecule has 8 heteroatoms. The second-order valence-electron chi connectivity index (χ2n) is 13.4. The van der Waals surface area contributed by atoms with Crippen molar-refractivity contribution in [3.8, 4) is 0 Å². The Morgan fingerprint density at radius 3 is 1.93 bits per heavy atom. The van der Waals surface area contributed by atoms with Crippen molar-refractivity contribution >= 4 is 23.4 Å². The van der Waals surface area contributed by atoms with E-state index in [9.17, 15) is 18.8 Å². The maximum absolute atomic E-state index is 13.1. The predicted molar refractivity (Wildman–Crippen MR) is 169 cm³/mol. The molecule has 0 bridgehead atoms. The molecule has 2 aromatic carbocycles. The number of rotatable bonds is 9. The van der Waals surface area contributed by atoms with Crippen molar-refractivity contribution in [2.45, 2.75) is 98.6 Å². The molecule has 236 valence electrons. The first-order valence-corrected chi connectivity index (χ1v) is 15.1. The van der Waals surface area contributed by atoms with Crippen LogP contribution in [0.3, 0.4) is 0 Å². The van der Waals surface area contributed by atoms with Crippen LogP contribution in [0.25, 0.3) is 0 Å². The fraction of sp³-hybridized carbons (Fsp3) is 0.543. The number of carbonyl (C=O) groups is 3. The zero-order chi connectivity index (χ0) is 32.5. The average Bonchev–Trinajstić information content (AvgIpc) is 2.94. The molecule has 0 aliphatic heterocycles. The van der Waals surface area contributed by atoms with E-state index in [-0.39, 0.29) is 23.7 Å². The van der Waals surface area contributed by atoms with Gasteiger partial charge >= 0.3 is 5.97 Å². The lowest BCUT2D eigenvalue weighted by molar-refractivity contribution is -0.146. The lowest BCUT2D eigenvalue weighted by Gasteiger charge is -2.40. The van der Waals surface area contributed by atoms with Crippen LogP contribution in [0.2, 0.25) is 0 Å². The molecule has 1 saturated carbocycles. The third-order valence-electron chi connectivity index (χ3n) is 8.56. The Hall–Kier alpha value is -3.39.